The second kappa shape index (κ2) is 6.45. The van der Waals surface area contributed by atoms with E-state index >= 15 is 0 Å². The molecule has 0 spiro atoms. The van der Waals surface area contributed by atoms with Crippen LogP contribution >= 0.6 is 11.3 Å². The smallest absolute Gasteiger partial charge is 0.200 e. The Morgan fingerprint density at radius 2 is 2.11 bits per heavy atom. The number of carbonyl (C=O) groups excluding carboxylic acids is 1. The van der Waals surface area contributed by atoms with E-state index in [-0.39, 0.29) is 16.8 Å². The second-order valence-electron chi connectivity index (χ2n) is 7.54. The molecule has 1 saturated carbocycles. The normalized spacial score (nSPS) is 15.6. The topological polar surface area (TPSA) is 48.3 Å². The van der Waals surface area contributed by atoms with Gasteiger partial charge in [-0.2, -0.15) is 0 Å². The molecular formula is C23H21NO3S. The van der Waals surface area contributed by atoms with Gasteiger partial charge in [-0.1, -0.05) is 12.2 Å². The molecule has 5 heteroatoms. The van der Waals surface area contributed by atoms with Crippen molar-refractivity contribution in [2.24, 2.45) is 0 Å². The average Bonchev–Trinajstić information content (AvgIpc) is 3.45. The molecule has 0 aliphatic heterocycles. The van der Waals surface area contributed by atoms with E-state index in [0.29, 0.717) is 11.4 Å². The lowest BCUT2D eigenvalue weighted by Gasteiger charge is -2.17. The first-order valence-electron chi connectivity index (χ1n) is 9.65. The molecule has 3 aromatic rings. The van der Waals surface area contributed by atoms with E-state index in [4.69, 9.17) is 4.74 Å². The van der Waals surface area contributed by atoms with Crippen molar-refractivity contribution in [3.63, 3.8) is 0 Å². The molecule has 0 saturated heterocycles. The molecular weight excluding hydrogens is 370 g/mol. The largest absolute Gasteiger partial charge is 0.494 e. The highest BCUT2D eigenvalue weighted by atomic mass is 32.1. The Morgan fingerprint density at radius 3 is 2.79 bits per heavy atom. The van der Waals surface area contributed by atoms with Crippen LogP contribution in [0.1, 0.15) is 53.0 Å². The Bertz CT molecular complexity index is 1210. The maximum atomic E-state index is 12.9. The van der Waals surface area contributed by atoms with E-state index in [1.165, 1.54) is 17.4 Å². The number of rotatable bonds is 4. The van der Waals surface area contributed by atoms with E-state index in [0.717, 1.165) is 47.4 Å². The lowest BCUT2D eigenvalue weighted by atomic mass is 10.0. The number of pyridine rings is 1. The summed E-state index contributed by atoms with van der Waals surface area (Å²) in [7, 11) is 1.66. The van der Waals surface area contributed by atoms with Gasteiger partial charge in [0.1, 0.15) is 0 Å². The monoisotopic (exact) mass is 391 g/mol. The van der Waals surface area contributed by atoms with Gasteiger partial charge in [-0.05, 0) is 56.4 Å². The summed E-state index contributed by atoms with van der Waals surface area (Å²) in [4.78, 5) is 27.5. The fraction of sp³-hybridized carbons (Fsp3) is 0.304. The number of hydrogen-bond donors (Lipinski definition) is 0. The van der Waals surface area contributed by atoms with Crippen molar-refractivity contribution in [1.29, 1.82) is 0 Å². The van der Waals surface area contributed by atoms with Crippen LogP contribution in [0.5, 0.6) is 5.75 Å². The number of ketones is 1. The Hall–Kier alpha value is -2.66. The van der Waals surface area contributed by atoms with E-state index in [9.17, 15) is 9.59 Å². The van der Waals surface area contributed by atoms with Crippen LogP contribution < -0.4 is 10.2 Å². The molecule has 2 aliphatic rings. The summed E-state index contributed by atoms with van der Waals surface area (Å²) in [6.07, 6.45) is 10.4. The molecule has 1 fully saturated rings. The van der Waals surface area contributed by atoms with Crippen LogP contribution in [-0.2, 0) is 6.42 Å². The predicted molar refractivity (Wildman–Crippen MR) is 114 cm³/mol. The number of methoxy groups -OCH3 is 1. The van der Waals surface area contributed by atoms with Crippen molar-refractivity contribution in [1.82, 2.24) is 4.57 Å². The van der Waals surface area contributed by atoms with Crippen LogP contribution in [0.15, 0.2) is 35.3 Å². The third-order valence-electron chi connectivity index (χ3n) is 5.61. The number of carbonyl (C=O) groups is 1. The SMILES string of the molecule is COc1c(-c2cc3c(s2)CCC=C3)ccc2c(=O)c(C(C)=O)cn(C3CC3)c12. The van der Waals surface area contributed by atoms with Crippen LogP contribution in [0.4, 0.5) is 0 Å². The number of aromatic nitrogens is 1. The summed E-state index contributed by atoms with van der Waals surface area (Å²) in [6, 6.07) is 6.35. The minimum Gasteiger partial charge on any atom is -0.494 e. The molecule has 2 aromatic heterocycles. The molecule has 142 valence electrons. The number of hydrogen-bond acceptors (Lipinski definition) is 4. The van der Waals surface area contributed by atoms with Crippen LogP contribution in [-0.4, -0.2) is 17.5 Å². The highest BCUT2D eigenvalue weighted by molar-refractivity contribution is 7.15. The molecule has 0 amide bonds. The van der Waals surface area contributed by atoms with Crippen molar-refractivity contribution < 1.29 is 9.53 Å². The highest BCUT2D eigenvalue weighted by Gasteiger charge is 2.29. The molecule has 0 atom stereocenters. The van der Waals surface area contributed by atoms with Gasteiger partial charge in [0.2, 0.25) is 0 Å². The minimum absolute atomic E-state index is 0.193. The summed E-state index contributed by atoms with van der Waals surface area (Å²) >= 11 is 1.80. The van der Waals surface area contributed by atoms with Gasteiger partial charge in [0.05, 0.1) is 23.6 Å². The molecule has 1 aromatic carbocycles. The third-order valence-corrected chi connectivity index (χ3v) is 6.86. The van der Waals surface area contributed by atoms with E-state index in [1.54, 1.807) is 24.6 Å². The van der Waals surface area contributed by atoms with Crippen LogP contribution in [0.3, 0.4) is 0 Å². The Balaban J connectivity index is 1.81. The molecule has 28 heavy (non-hydrogen) atoms. The first-order chi connectivity index (χ1) is 13.6. The zero-order chi connectivity index (χ0) is 19.4. The highest BCUT2D eigenvalue weighted by Crippen LogP contribution is 2.45. The predicted octanol–water partition coefficient (Wildman–Crippen LogP) is 5.24. The fourth-order valence-corrected chi connectivity index (χ4v) is 5.23. The number of ether oxygens (including phenoxy) is 1. The lowest BCUT2D eigenvalue weighted by molar-refractivity contribution is 0.101. The van der Waals surface area contributed by atoms with Gasteiger partial charge in [0.15, 0.2) is 17.0 Å². The van der Waals surface area contributed by atoms with Gasteiger partial charge in [0, 0.05) is 27.6 Å². The number of benzene rings is 1. The van der Waals surface area contributed by atoms with Gasteiger partial charge in [-0.25, -0.2) is 0 Å². The summed E-state index contributed by atoms with van der Waals surface area (Å²) in [5.41, 5.74) is 3.13. The number of aryl methyl sites for hydroxylation is 1. The number of Topliss-reactive ketones (excluding diaryl/α,β-unsaturated/α-hetero) is 1. The number of fused-ring (bicyclic) bond motifs is 2. The van der Waals surface area contributed by atoms with Crippen molar-refractivity contribution in [3.05, 3.63) is 56.7 Å². The molecule has 0 N–H and O–H groups in total. The number of nitrogens with zero attached hydrogens (tertiary/aromatic N) is 1. The zero-order valence-corrected chi connectivity index (χ0v) is 16.8. The third kappa shape index (κ3) is 2.65. The summed E-state index contributed by atoms with van der Waals surface area (Å²) < 4.78 is 7.95. The van der Waals surface area contributed by atoms with Gasteiger partial charge < -0.3 is 9.30 Å². The molecule has 4 nitrogen and oxygen atoms in total. The van der Waals surface area contributed by atoms with Crippen molar-refractivity contribution in [2.45, 2.75) is 38.6 Å². The summed E-state index contributed by atoms with van der Waals surface area (Å²) in [5.74, 6) is 0.529. The average molecular weight is 391 g/mol. The molecule has 0 unspecified atom stereocenters. The first-order valence-corrected chi connectivity index (χ1v) is 10.5. The summed E-state index contributed by atoms with van der Waals surface area (Å²) in [5, 5.41) is 0.557. The summed E-state index contributed by atoms with van der Waals surface area (Å²) in [6.45, 7) is 1.45. The minimum atomic E-state index is -0.211. The number of allylic oxidation sites excluding steroid dienone is 1. The molecule has 0 bridgehead atoms. The maximum Gasteiger partial charge on any atom is 0.200 e. The van der Waals surface area contributed by atoms with Crippen LogP contribution in [0.25, 0.3) is 27.4 Å². The Morgan fingerprint density at radius 1 is 1.29 bits per heavy atom. The van der Waals surface area contributed by atoms with Crippen molar-refractivity contribution in [3.8, 4) is 16.2 Å². The second-order valence-corrected chi connectivity index (χ2v) is 8.68. The maximum absolute atomic E-state index is 12.9. The van der Waals surface area contributed by atoms with Crippen molar-refractivity contribution in [2.75, 3.05) is 7.11 Å². The first kappa shape index (κ1) is 17.4. The van der Waals surface area contributed by atoms with E-state index in [2.05, 4.69) is 22.8 Å². The van der Waals surface area contributed by atoms with E-state index in [1.807, 2.05) is 12.1 Å². The van der Waals surface area contributed by atoms with Gasteiger partial charge in [0.25, 0.3) is 0 Å². The Labute approximate surface area is 167 Å². The van der Waals surface area contributed by atoms with Gasteiger partial charge in [-0.15, -0.1) is 11.3 Å². The zero-order valence-electron chi connectivity index (χ0n) is 16.0. The lowest BCUT2D eigenvalue weighted by Crippen LogP contribution is -2.18. The molecule has 5 rings (SSSR count). The standard InChI is InChI=1S/C23H21NO3S/c1-13(25)18-12-24(15-7-8-15)21-17(22(18)26)10-9-16(23(21)27-2)20-11-14-5-3-4-6-19(14)28-20/h3,5,9-12,15H,4,6-8H2,1-2H3. The van der Waals surface area contributed by atoms with Gasteiger partial charge in [-0.3, -0.25) is 9.59 Å². The molecule has 2 heterocycles. The van der Waals surface area contributed by atoms with Crippen LogP contribution in [0.2, 0.25) is 0 Å². The molecule has 2 aliphatic carbocycles. The van der Waals surface area contributed by atoms with E-state index < -0.39 is 0 Å². The Kier molecular flexibility index (Phi) is 4.02. The molecule has 0 radical (unpaired) electrons. The van der Waals surface area contributed by atoms with Gasteiger partial charge >= 0.3 is 0 Å². The van der Waals surface area contributed by atoms with Crippen LogP contribution in [0, 0.1) is 0 Å². The van der Waals surface area contributed by atoms with Crippen molar-refractivity contribution >= 4 is 34.1 Å². The fourth-order valence-electron chi connectivity index (χ4n) is 4.05. The number of thiophene rings is 1. The quantitative estimate of drug-likeness (QED) is 0.572.